The highest BCUT2D eigenvalue weighted by Gasteiger charge is 1.99. The van der Waals surface area contributed by atoms with E-state index < -0.39 is 0 Å². The molecule has 0 aliphatic rings. The Hall–Kier alpha value is -0.720. The lowest BCUT2D eigenvalue weighted by Gasteiger charge is -1.98. The molecule has 0 bridgehead atoms. The highest BCUT2D eigenvalue weighted by Crippen LogP contribution is 2.12. The summed E-state index contributed by atoms with van der Waals surface area (Å²) in [6, 6.07) is 4.22. The van der Waals surface area contributed by atoms with Gasteiger partial charge in [-0.3, -0.25) is 0 Å². The second kappa shape index (κ2) is 6.69. The maximum absolute atomic E-state index is 5.64. The monoisotopic (exact) mass is 194 g/mol. The first-order chi connectivity index (χ1) is 6.86. The molecule has 0 atom stereocenters. The van der Waals surface area contributed by atoms with Gasteiger partial charge in [0.1, 0.15) is 11.5 Å². The summed E-state index contributed by atoms with van der Waals surface area (Å²) in [5.41, 5.74) is 0. The maximum Gasteiger partial charge on any atom is 0.104 e. The van der Waals surface area contributed by atoms with E-state index >= 15 is 0 Å². The molecule has 0 N–H and O–H groups in total. The fourth-order valence-electron chi connectivity index (χ4n) is 1.65. The van der Waals surface area contributed by atoms with E-state index in [1.54, 1.807) is 0 Å². The molecule has 0 aliphatic carbocycles. The molecule has 1 aromatic rings. The molecular weight excluding hydrogens is 172 g/mol. The molecule has 0 amide bonds. The molecule has 80 valence electrons. The Kier molecular flexibility index (Phi) is 5.43. The molecule has 1 heteroatoms. The molecule has 0 fully saturated rings. The van der Waals surface area contributed by atoms with Crippen LogP contribution >= 0.6 is 0 Å². The SMILES string of the molecule is CCCCCCCc1ccc(CC)o1. The minimum Gasteiger partial charge on any atom is -0.466 e. The van der Waals surface area contributed by atoms with Crippen LogP contribution in [-0.2, 0) is 12.8 Å². The van der Waals surface area contributed by atoms with Crippen LogP contribution in [-0.4, -0.2) is 0 Å². The second-order valence-corrected chi connectivity index (χ2v) is 3.89. The second-order valence-electron chi connectivity index (χ2n) is 3.89. The fraction of sp³-hybridized carbons (Fsp3) is 0.692. The van der Waals surface area contributed by atoms with E-state index in [9.17, 15) is 0 Å². The molecule has 1 aromatic heterocycles. The molecule has 0 aromatic carbocycles. The van der Waals surface area contributed by atoms with E-state index in [0.29, 0.717) is 0 Å². The summed E-state index contributed by atoms with van der Waals surface area (Å²) in [5.74, 6) is 2.28. The number of hydrogen-bond acceptors (Lipinski definition) is 1. The predicted molar refractivity (Wildman–Crippen MR) is 60.5 cm³/mol. The topological polar surface area (TPSA) is 13.1 Å². The first kappa shape index (κ1) is 11.4. The van der Waals surface area contributed by atoms with Crippen LogP contribution in [0.25, 0.3) is 0 Å². The van der Waals surface area contributed by atoms with E-state index in [0.717, 1.165) is 18.6 Å². The smallest absolute Gasteiger partial charge is 0.104 e. The van der Waals surface area contributed by atoms with Crippen LogP contribution in [0.2, 0.25) is 0 Å². The highest BCUT2D eigenvalue weighted by atomic mass is 16.3. The van der Waals surface area contributed by atoms with Gasteiger partial charge in [0.25, 0.3) is 0 Å². The number of unbranched alkanes of at least 4 members (excludes halogenated alkanes) is 4. The summed E-state index contributed by atoms with van der Waals surface area (Å²) in [7, 11) is 0. The molecule has 14 heavy (non-hydrogen) atoms. The molecule has 0 radical (unpaired) electrons. The molecule has 0 aliphatic heterocycles. The molecule has 1 nitrogen and oxygen atoms in total. The molecule has 1 rings (SSSR count). The van der Waals surface area contributed by atoms with Crippen molar-refractivity contribution in [1.82, 2.24) is 0 Å². The summed E-state index contributed by atoms with van der Waals surface area (Å²) >= 11 is 0. The highest BCUT2D eigenvalue weighted by molar-refractivity contribution is 5.06. The first-order valence-corrected chi connectivity index (χ1v) is 5.94. The zero-order valence-electron chi connectivity index (χ0n) is 9.51. The lowest BCUT2D eigenvalue weighted by atomic mass is 10.1. The van der Waals surface area contributed by atoms with Crippen molar-refractivity contribution in [1.29, 1.82) is 0 Å². The number of rotatable bonds is 7. The van der Waals surface area contributed by atoms with Gasteiger partial charge in [0.05, 0.1) is 0 Å². The molecule has 0 saturated heterocycles. The molecule has 0 saturated carbocycles. The van der Waals surface area contributed by atoms with Gasteiger partial charge < -0.3 is 4.42 Å². The maximum atomic E-state index is 5.64. The fourth-order valence-corrected chi connectivity index (χ4v) is 1.65. The average Bonchev–Trinajstić information content (AvgIpc) is 2.65. The van der Waals surface area contributed by atoms with Crippen LogP contribution < -0.4 is 0 Å². The zero-order chi connectivity index (χ0) is 10.2. The number of furan rings is 1. The van der Waals surface area contributed by atoms with E-state index in [1.165, 1.54) is 37.9 Å². The van der Waals surface area contributed by atoms with Crippen molar-refractivity contribution in [2.45, 2.75) is 58.8 Å². The van der Waals surface area contributed by atoms with Gasteiger partial charge in [0.2, 0.25) is 0 Å². The Labute approximate surface area is 87.5 Å². The molecule has 0 spiro atoms. The van der Waals surface area contributed by atoms with Gasteiger partial charge in [-0.1, -0.05) is 39.5 Å². The molecule has 1 heterocycles. The third-order valence-electron chi connectivity index (χ3n) is 2.59. The average molecular weight is 194 g/mol. The number of aryl methyl sites for hydroxylation is 2. The minimum absolute atomic E-state index is 1.01. The Morgan fingerprint density at radius 3 is 2.29 bits per heavy atom. The Morgan fingerprint density at radius 2 is 1.64 bits per heavy atom. The summed E-state index contributed by atoms with van der Waals surface area (Å²) in [6.45, 7) is 4.38. The van der Waals surface area contributed by atoms with Gasteiger partial charge in [-0.15, -0.1) is 0 Å². The van der Waals surface area contributed by atoms with E-state index in [2.05, 4.69) is 26.0 Å². The standard InChI is InChI=1S/C13H22O/c1-3-5-6-7-8-9-13-11-10-12(4-2)14-13/h10-11H,3-9H2,1-2H3. The minimum atomic E-state index is 1.01. The zero-order valence-corrected chi connectivity index (χ0v) is 9.51. The lowest BCUT2D eigenvalue weighted by Crippen LogP contribution is -1.83. The van der Waals surface area contributed by atoms with Gasteiger partial charge in [0, 0.05) is 12.8 Å². The summed E-state index contributed by atoms with van der Waals surface area (Å²) in [5, 5.41) is 0. The lowest BCUT2D eigenvalue weighted by molar-refractivity contribution is 0.459. The Balaban J connectivity index is 2.12. The summed E-state index contributed by atoms with van der Waals surface area (Å²) < 4.78 is 5.64. The Bertz CT molecular complexity index is 237. The van der Waals surface area contributed by atoms with Gasteiger partial charge in [-0.25, -0.2) is 0 Å². The van der Waals surface area contributed by atoms with Crippen molar-refractivity contribution in [3.8, 4) is 0 Å². The van der Waals surface area contributed by atoms with Crippen molar-refractivity contribution in [3.05, 3.63) is 23.7 Å². The van der Waals surface area contributed by atoms with Crippen molar-refractivity contribution in [2.24, 2.45) is 0 Å². The summed E-state index contributed by atoms with van der Waals surface area (Å²) in [4.78, 5) is 0. The molecular formula is C13H22O. The van der Waals surface area contributed by atoms with Crippen molar-refractivity contribution < 1.29 is 4.42 Å². The van der Waals surface area contributed by atoms with Crippen LogP contribution in [0, 0.1) is 0 Å². The van der Waals surface area contributed by atoms with E-state index in [-0.39, 0.29) is 0 Å². The van der Waals surface area contributed by atoms with Crippen LogP contribution in [0.15, 0.2) is 16.5 Å². The Morgan fingerprint density at radius 1 is 0.929 bits per heavy atom. The van der Waals surface area contributed by atoms with Gasteiger partial charge in [-0.2, -0.15) is 0 Å². The first-order valence-electron chi connectivity index (χ1n) is 5.94. The van der Waals surface area contributed by atoms with Crippen molar-refractivity contribution >= 4 is 0 Å². The van der Waals surface area contributed by atoms with E-state index in [1.807, 2.05) is 0 Å². The van der Waals surface area contributed by atoms with Crippen molar-refractivity contribution in [3.63, 3.8) is 0 Å². The largest absolute Gasteiger partial charge is 0.466 e. The van der Waals surface area contributed by atoms with Crippen molar-refractivity contribution in [2.75, 3.05) is 0 Å². The summed E-state index contributed by atoms with van der Waals surface area (Å²) in [6.07, 6.45) is 8.81. The van der Waals surface area contributed by atoms with Crippen LogP contribution in [0.1, 0.15) is 57.5 Å². The third-order valence-corrected chi connectivity index (χ3v) is 2.59. The predicted octanol–water partition coefficient (Wildman–Crippen LogP) is 4.35. The van der Waals surface area contributed by atoms with E-state index in [4.69, 9.17) is 4.42 Å². The van der Waals surface area contributed by atoms with Gasteiger partial charge in [0.15, 0.2) is 0 Å². The normalized spacial score (nSPS) is 10.7. The van der Waals surface area contributed by atoms with Crippen LogP contribution in [0.4, 0.5) is 0 Å². The molecule has 0 unspecified atom stereocenters. The van der Waals surface area contributed by atoms with Gasteiger partial charge >= 0.3 is 0 Å². The van der Waals surface area contributed by atoms with Gasteiger partial charge in [-0.05, 0) is 18.6 Å². The quantitative estimate of drug-likeness (QED) is 0.588. The third kappa shape index (κ3) is 3.99. The number of hydrogen-bond donors (Lipinski definition) is 0. The van der Waals surface area contributed by atoms with Crippen LogP contribution in [0.3, 0.4) is 0 Å². The van der Waals surface area contributed by atoms with Crippen LogP contribution in [0.5, 0.6) is 0 Å².